The zero-order chi connectivity index (χ0) is 20.3. The average Bonchev–Trinajstić information content (AvgIpc) is 3.18. The number of nitrogens with one attached hydrogen (secondary N) is 2. The first-order valence-electron chi connectivity index (χ1n) is 9.97. The van der Waals surface area contributed by atoms with Crippen LogP contribution in [0.15, 0.2) is 35.9 Å². The molecule has 3 rings (SSSR count). The van der Waals surface area contributed by atoms with Crippen LogP contribution in [0.1, 0.15) is 49.3 Å². The van der Waals surface area contributed by atoms with Gasteiger partial charge in [-0.1, -0.05) is 31.0 Å². The van der Waals surface area contributed by atoms with Crippen molar-refractivity contribution in [2.24, 2.45) is 0 Å². The third kappa shape index (κ3) is 4.44. The number of carbonyl (C=O) groups excluding carboxylic acids is 1. The summed E-state index contributed by atoms with van der Waals surface area (Å²) < 4.78 is 14.7. The van der Waals surface area contributed by atoms with Crippen LogP contribution in [-0.2, 0) is 4.79 Å². The van der Waals surface area contributed by atoms with Crippen LogP contribution in [0.2, 0.25) is 0 Å². The number of anilines is 1. The molecule has 0 unspecified atom stereocenters. The molecule has 0 aliphatic heterocycles. The highest BCUT2D eigenvalue weighted by atomic mass is 19.1. The first-order valence-corrected chi connectivity index (χ1v) is 9.97. The summed E-state index contributed by atoms with van der Waals surface area (Å²) in [5.41, 5.74) is 6.24. The maximum atomic E-state index is 14.7. The van der Waals surface area contributed by atoms with E-state index < -0.39 is 0 Å². The van der Waals surface area contributed by atoms with E-state index in [4.69, 9.17) is 0 Å². The Morgan fingerprint density at radius 2 is 1.82 bits per heavy atom. The van der Waals surface area contributed by atoms with Crippen molar-refractivity contribution in [1.82, 2.24) is 5.32 Å². The molecule has 0 saturated heterocycles. The fourth-order valence-electron chi connectivity index (χ4n) is 3.89. The number of aryl methyl sites for hydroxylation is 2. The van der Waals surface area contributed by atoms with E-state index in [1.807, 2.05) is 32.1 Å². The molecular formula is C24H29FN2O. The summed E-state index contributed by atoms with van der Waals surface area (Å²) in [5.74, 6) is -0.297. The summed E-state index contributed by atoms with van der Waals surface area (Å²) in [6.07, 6.45) is 6.56. The zero-order valence-electron chi connectivity index (χ0n) is 17.2. The number of amides is 1. The molecule has 2 N–H and O–H groups in total. The van der Waals surface area contributed by atoms with Gasteiger partial charge >= 0.3 is 0 Å². The summed E-state index contributed by atoms with van der Waals surface area (Å²) in [4.78, 5) is 11.8. The summed E-state index contributed by atoms with van der Waals surface area (Å²) >= 11 is 0. The van der Waals surface area contributed by atoms with Crippen LogP contribution in [0.5, 0.6) is 0 Å². The van der Waals surface area contributed by atoms with Crippen LogP contribution in [-0.4, -0.2) is 19.0 Å². The Morgan fingerprint density at radius 3 is 2.46 bits per heavy atom. The standard InChI is InChI=1S/C24H29FN2O/c1-15-13-21(16(2)11-19(15)12-17(3)24(28)26-4)18-9-10-23(22(25)14-18)27-20-7-5-6-8-20/h9-14,20,27H,5-8H2,1-4H3,(H,26,28). The van der Waals surface area contributed by atoms with E-state index in [-0.39, 0.29) is 11.7 Å². The highest BCUT2D eigenvalue weighted by Crippen LogP contribution is 2.31. The van der Waals surface area contributed by atoms with Crippen molar-refractivity contribution in [1.29, 1.82) is 0 Å². The van der Waals surface area contributed by atoms with Gasteiger partial charge in [0.1, 0.15) is 5.82 Å². The quantitative estimate of drug-likeness (QED) is 0.662. The van der Waals surface area contributed by atoms with E-state index >= 15 is 0 Å². The van der Waals surface area contributed by atoms with Gasteiger partial charge in [-0.05, 0) is 79.6 Å². The molecule has 4 heteroatoms. The van der Waals surface area contributed by atoms with Gasteiger partial charge in [0.2, 0.25) is 5.91 Å². The maximum Gasteiger partial charge on any atom is 0.246 e. The minimum absolute atomic E-state index is 0.0893. The van der Waals surface area contributed by atoms with Gasteiger partial charge in [0.25, 0.3) is 0 Å². The van der Waals surface area contributed by atoms with Crippen molar-refractivity contribution in [2.45, 2.75) is 52.5 Å². The fraction of sp³-hybridized carbons (Fsp3) is 0.375. The molecule has 2 aromatic rings. The summed E-state index contributed by atoms with van der Waals surface area (Å²) in [5, 5.41) is 5.98. The van der Waals surface area contributed by atoms with Crippen LogP contribution in [0.3, 0.4) is 0 Å². The normalized spacial score (nSPS) is 15.0. The number of rotatable bonds is 5. The lowest BCUT2D eigenvalue weighted by molar-refractivity contribution is -0.116. The van der Waals surface area contributed by atoms with Gasteiger partial charge in [-0.3, -0.25) is 4.79 Å². The topological polar surface area (TPSA) is 41.1 Å². The third-order valence-corrected chi connectivity index (χ3v) is 5.57. The van der Waals surface area contributed by atoms with Gasteiger partial charge in [0.15, 0.2) is 0 Å². The van der Waals surface area contributed by atoms with E-state index in [0.29, 0.717) is 17.3 Å². The molecule has 1 saturated carbocycles. The molecule has 28 heavy (non-hydrogen) atoms. The van der Waals surface area contributed by atoms with Crippen LogP contribution in [0.25, 0.3) is 17.2 Å². The molecule has 1 amide bonds. The predicted molar refractivity (Wildman–Crippen MR) is 115 cm³/mol. The number of hydrogen-bond acceptors (Lipinski definition) is 2. The molecule has 0 heterocycles. The van der Waals surface area contributed by atoms with Gasteiger partial charge < -0.3 is 10.6 Å². The van der Waals surface area contributed by atoms with Crippen molar-refractivity contribution < 1.29 is 9.18 Å². The summed E-state index contributed by atoms with van der Waals surface area (Å²) in [6.45, 7) is 5.83. The first kappa shape index (κ1) is 20.1. The van der Waals surface area contributed by atoms with E-state index in [0.717, 1.165) is 40.7 Å². The molecule has 3 nitrogen and oxygen atoms in total. The van der Waals surface area contributed by atoms with Crippen LogP contribution in [0, 0.1) is 19.7 Å². The maximum absolute atomic E-state index is 14.7. The number of carbonyl (C=O) groups is 1. The lowest BCUT2D eigenvalue weighted by Gasteiger charge is -2.16. The molecule has 0 aromatic heterocycles. The predicted octanol–water partition coefficient (Wildman–Crippen LogP) is 5.61. The molecule has 1 aliphatic carbocycles. The summed E-state index contributed by atoms with van der Waals surface area (Å²) in [7, 11) is 1.63. The number of hydrogen-bond donors (Lipinski definition) is 2. The van der Waals surface area contributed by atoms with Crippen molar-refractivity contribution in [3.8, 4) is 11.1 Å². The van der Waals surface area contributed by atoms with Crippen molar-refractivity contribution in [2.75, 3.05) is 12.4 Å². The monoisotopic (exact) mass is 380 g/mol. The SMILES string of the molecule is CNC(=O)C(C)=Cc1cc(C)c(-c2ccc(NC3CCCC3)c(F)c2)cc1C. The molecule has 0 spiro atoms. The van der Waals surface area contributed by atoms with E-state index in [1.54, 1.807) is 20.0 Å². The molecule has 0 bridgehead atoms. The van der Waals surface area contributed by atoms with Crippen molar-refractivity contribution in [3.63, 3.8) is 0 Å². The van der Waals surface area contributed by atoms with Crippen LogP contribution < -0.4 is 10.6 Å². The first-order chi connectivity index (χ1) is 13.4. The largest absolute Gasteiger partial charge is 0.380 e. The molecular weight excluding hydrogens is 351 g/mol. The number of benzene rings is 2. The van der Waals surface area contributed by atoms with Gasteiger partial charge in [-0.25, -0.2) is 4.39 Å². The van der Waals surface area contributed by atoms with E-state index in [9.17, 15) is 9.18 Å². The number of likely N-dealkylation sites (N-methyl/N-ethyl adjacent to an activating group) is 1. The molecule has 1 fully saturated rings. The third-order valence-electron chi connectivity index (χ3n) is 5.57. The molecule has 0 atom stereocenters. The van der Waals surface area contributed by atoms with E-state index in [1.165, 1.54) is 12.8 Å². The molecule has 148 valence electrons. The minimum Gasteiger partial charge on any atom is -0.380 e. The molecule has 2 aromatic carbocycles. The Morgan fingerprint density at radius 1 is 1.11 bits per heavy atom. The van der Waals surface area contributed by atoms with E-state index in [2.05, 4.69) is 22.8 Å². The Kier molecular flexibility index (Phi) is 6.18. The zero-order valence-corrected chi connectivity index (χ0v) is 17.2. The average molecular weight is 381 g/mol. The van der Waals surface area contributed by atoms with Gasteiger partial charge in [0, 0.05) is 18.7 Å². The highest BCUT2D eigenvalue weighted by molar-refractivity contribution is 5.97. The second-order valence-corrected chi connectivity index (χ2v) is 7.75. The van der Waals surface area contributed by atoms with Crippen LogP contribution >= 0.6 is 0 Å². The van der Waals surface area contributed by atoms with Gasteiger partial charge in [-0.2, -0.15) is 0 Å². The molecule has 1 aliphatic rings. The second kappa shape index (κ2) is 8.59. The number of halogens is 1. The minimum atomic E-state index is -0.208. The smallest absolute Gasteiger partial charge is 0.246 e. The lowest BCUT2D eigenvalue weighted by atomic mass is 9.94. The van der Waals surface area contributed by atoms with Crippen molar-refractivity contribution >= 4 is 17.7 Å². The lowest BCUT2D eigenvalue weighted by Crippen LogP contribution is -2.18. The Labute approximate surface area is 167 Å². The highest BCUT2D eigenvalue weighted by Gasteiger charge is 2.17. The van der Waals surface area contributed by atoms with Gasteiger partial charge in [0.05, 0.1) is 5.69 Å². The van der Waals surface area contributed by atoms with Gasteiger partial charge in [-0.15, -0.1) is 0 Å². The van der Waals surface area contributed by atoms with Crippen LogP contribution in [0.4, 0.5) is 10.1 Å². The van der Waals surface area contributed by atoms with Crippen molar-refractivity contribution in [3.05, 3.63) is 58.4 Å². The fourth-order valence-corrected chi connectivity index (χ4v) is 3.89. The Bertz CT molecular complexity index is 911. The Balaban J connectivity index is 1.88. The molecule has 0 radical (unpaired) electrons. The Hall–Kier alpha value is -2.62. The summed E-state index contributed by atoms with van der Waals surface area (Å²) in [6, 6.07) is 9.95. The second-order valence-electron chi connectivity index (χ2n) is 7.75.